The molecule has 2 aromatic rings. The van der Waals surface area contributed by atoms with E-state index in [1.165, 1.54) is 25.1 Å². The van der Waals surface area contributed by atoms with Gasteiger partial charge in [-0.1, -0.05) is 15.9 Å². The minimum Gasteiger partial charge on any atom is -0.507 e. The van der Waals surface area contributed by atoms with Crippen molar-refractivity contribution >= 4 is 39.4 Å². The van der Waals surface area contributed by atoms with E-state index in [1.807, 2.05) is 5.32 Å². The molecule has 0 fully saturated rings. The average Bonchev–Trinajstić information content (AvgIpc) is 2.68. The fraction of sp³-hybridized carbons (Fsp3) is 0.167. The number of hydrogen-bond donors (Lipinski definition) is 3. The fourth-order valence-corrected chi connectivity index (χ4v) is 2.44. The monoisotopic (exact) mass is 474 g/mol. The van der Waals surface area contributed by atoms with Gasteiger partial charge in [-0.05, 0) is 37.3 Å². The van der Waals surface area contributed by atoms with Crippen LogP contribution in [-0.4, -0.2) is 35.5 Å². The number of aromatic hydroxyl groups is 1. The van der Waals surface area contributed by atoms with Gasteiger partial charge in [0.1, 0.15) is 11.3 Å². The van der Waals surface area contributed by atoms with Crippen LogP contribution in [0.25, 0.3) is 0 Å². The number of halogens is 4. The summed E-state index contributed by atoms with van der Waals surface area (Å²) in [6, 6.07) is 5.50. The average molecular weight is 475 g/mol. The zero-order chi connectivity index (χ0) is 21.7. The molecule has 2 amide bonds. The standard InChI is InChI=1S/C18H14BrF3N2O5/c1-8(29-18(28)10-6-9(19)2-5-13(10)25)17(27)23-7-14(26)24-12-4-3-11(20)15(21)16(12)22/h2-6,8,25H,7H2,1H3,(H,23,27)(H,24,26). The van der Waals surface area contributed by atoms with Gasteiger partial charge >= 0.3 is 5.97 Å². The second kappa shape index (κ2) is 9.41. The Labute approximate surface area is 171 Å². The number of ether oxygens (including phenoxy) is 1. The number of amides is 2. The molecular weight excluding hydrogens is 461 g/mol. The first-order chi connectivity index (χ1) is 13.6. The molecule has 11 heteroatoms. The highest BCUT2D eigenvalue weighted by atomic mass is 79.9. The molecule has 7 nitrogen and oxygen atoms in total. The molecule has 1 atom stereocenters. The second-order valence-corrected chi connectivity index (χ2v) is 6.61. The molecule has 0 bridgehead atoms. The Morgan fingerprint density at radius 1 is 1.14 bits per heavy atom. The van der Waals surface area contributed by atoms with Gasteiger partial charge in [-0.3, -0.25) is 9.59 Å². The van der Waals surface area contributed by atoms with Crippen molar-refractivity contribution in [3.63, 3.8) is 0 Å². The molecule has 0 radical (unpaired) electrons. The van der Waals surface area contributed by atoms with Crippen LogP contribution in [-0.2, 0) is 14.3 Å². The number of carbonyl (C=O) groups is 3. The van der Waals surface area contributed by atoms with Gasteiger partial charge in [0.05, 0.1) is 12.2 Å². The van der Waals surface area contributed by atoms with Crippen molar-refractivity contribution in [2.75, 3.05) is 11.9 Å². The molecule has 0 spiro atoms. The molecule has 0 heterocycles. The molecule has 154 valence electrons. The van der Waals surface area contributed by atoms with Crippen molar-refractivity contribution < 1.29 is 37.4 Å². The maximum atomic E-state index is 13.5. The summed E-state index contributed by atoms with van der Waals surface area (Å²) in [7, 11) is 0. The SMILES string of the molecule is CC(OC(=O)c1cc(Br)ccc1O)C(=O)NCC(=O)Nc1ccc(F)c(F)c1F. The number of phenolic OH excluding ortho intramolecular Hbond substituents is 1. The quantitative estimate of drug-likeness (QED) is 0.441. The molecule has 0 aromatic heterocycles. The van der Waals surface area contributed by atoms with Crippen LogP contribution in [0.15, 0.2) is 34.8 Å². The molecule has 0 aliphatic heterocycles. The van der Waals surface area contributed by atoms with Gasteiger partial charge in [0.15, 0.2) is 23.6 Å². The number of rotatable bonds is 6. The molecule has 0 saturated heterocycles. The van der Waals surface area contributed by atoms with E-state index in [-0.39, 0.29) is 11.3 Å². The van der Waals surface area contributed by atoms with Crippen LogP contribution >= 0.6 is 15.9 Å². The highest BCUT2D eigenvalue weighted by Crippen LogP contribution is 2.23. The lowest BCUT2D eigenvalue weighted by atomic mass is 10.2. The maximum absolute atomic E-state index is 13.5. The van der Waals surface area contributed by atoms with E-state index >= 15 is 0 Å². The van der Waals surface area contributed by atoms with Crippen molar-refractivity contribution in [2.45, 2.75) is 13.0 Å². The van der Waals surface area contributed by atoms with E-state index in [4.69, 9.17) is 4.74 Å². The maximum Gasteiger partial charge on any atom is 0.342 e. The number of hydrogen-bond acceptors (Lipinski definition) is 5. The van der Waals surface area contributed by atoms with E-state index < -0.39 is 53.6 Å². The largest absolute Gasteiger partial charge is 0.507 e. The summed E-state index contributed by atoms with van der Waals surface area (Å²) < 4.78 is 44.9. The number of nitrogens with one attached hydrogen (secondary N) is 2. The Hall–Kier alpha value is -3.08. The highest BCUT2D eigenvalue weighted by molar-refractivity contribution is 9.10. The molecular formula is C18H14BrF3N2O5. The summed E-state index contributed by atoms with van der Waals surface area (Å²) in [5.74, 6) is -7.84. The smallest absolute Gasteiger partial charge is 0.342 e. The summed E-state index contributed by atoms with van der Waals surface area (Å²) >= 11 is 3.13. The Balaban J connectivity index is 1.89. The lowest BCUT2D eigenvalue weighted by molar-refractivity contribution is -0.130. The van der Waals surface area contributed by atoms with E-state index in [0.29, 0.717) is 10.5 Å². The predicted molar refractivity (Wildman–Crippen MR) is 98.6 cm³/mol. The summed E-state index contributed by atoms with van der Waals surface area (Å²) in [6.45, 7) is 0.580. The molecule has 0 aliphatic rings. The third kappa shape index (κ3) is 5.70. The lowest BCUT2D eigenvalue weighted by Crippen LogP contribution is -2.40. The Kier molecular flexibility index (Phi) is 7.21. The first kappa shape index (κ1) is 22.2. The normalized spacial score (nSPS) is 11.5. The summed E-state index contributed by atoms with van der Waals surface area (Å²) in [5, 5.41) is 13.8. The van der Waals surface area contributed by atoms with Crippen LogP contribution in [0, 0.1) is 17.5 Å². The predicted octanol–water partition coefficient (Wildman–Crippen LogP) is 2.87. The van der Waals surface area contributed by atoms with Gasteiger partial charge in [-0.25, -0.2) is 18.0 Å². The molecule has 0 saturated carbocycles. The second-order valence-electron chi connectivity index (χ2n) is 5.70. The zero-order valence-electron chi connectivity index (χ0n) is 14.8. The van der Waals surface area contributed by atoms with Crippen LogP contribution in [0.1, 0.15) is 17.3 Å². The molecule has 2 aromatic carbocycles. The minimum atomic E-state index is -1.75. The number of anilines is 1. The van der Waals surface area contributed by atoms with Gasteiger partial charge in [-0.15, -0.1) is 0 Å². The molecule has 0 aliphatic carbocycles. The first-order valence-electron chi connectivity index (χ1n) is 8.00. The Bertz CT molecular complexity index is 971. The first-order valence-corrected chi connectivity index (χ1v) is 8.80. The van der Waals surface area contributed by atoms with Gasteiger partial charge in [0, 0.05) is 4.47 Å². The number of carbonyl (C=O) groups excluding carboxylic acids is 3. The molecule has 29 heavy (non-hydrogen) atoms. The summed E-state index contributed by atoms with van der Waals surface area (Å²) in [6.07, 6.45) is -1.33. The van der Waals surface area contributed by atoms with Crippen LogP contribution in [0.5, 0.6) is 5.75 Å². The van der Waals surface area contributed by atoms with Crippen molar-refractivity contribution in [1.82, 2.24) is 5.32 Å². The molecule has 1 unspecified atom stereocenters. The van der Waals surface area contributed by atoms with Gasteiger partial charge in [0.25, 0.3) is 5.91 Å². The number of benzene rings is 2. The van der Waals surface area contributed by atoms with E-state index in [1.54, 1.807) is 0 Å². The van der Waals surface area contributed by atoms with Gasteiger partial charge in [0.2, 0.25) is 5.91 Å². The fourth-order valence-electron chi connectivity index (χ4n) is 2.08. The van der Waals surface area contributed by atoms with Crippen molar-refractivity contribution in [3.8, 4) is 5.75 Å². The lowest BCUT2D eigenvalue weighted by Gasteiger charge is -2.14. The molecule has 3 N–H and O–H groups in total. The third-order valence-electron chi connectivity index (χ3n) is 3.56. The van der Waals surface area contributed by atoms with Gasteiger partial charge < -0.3 is 20.5 Å². The van der Waals surface area contributed by atoms with Crippen molar-refractivity contribution in [1.29, 1.82) is 0 Å². The minimum absolute atomic E-state index is 0.175. The summed E-state index contributed by atoms with van der Waals surface area (Å²) in [4.78, 5) is 35.8. The van der Waals surface area contributed by atoms with Crippen LogP contribution in [0.4, 0.5) is 18.9 Å². The molecule has 2 rings (SSSR count). The Morgan fingerprint density at radius 2 is 1.83 bits per heavy atom. The van der Waals surface area contributed by atoms with Crippen molar-refractivity contribution in [2.24, 2.45) is 0 Å². The number of phenols is 1. The van der Waals surface area contributed by atoms with E-state index in [9.17, 15) is 32.7 Å². The zero-order valence-corrected chi connectivity index (χ0v) is 16.3. The van der Waals surface area contributed by atoms with Crippen molar-refractivity contribution in [3.05, 3.63) is 57.8 Å². The highest BCUT2D eigenvalue weighted by Gasteiger charge is 2.22. The topological polar surface area (TPSA) is 105 Å². The Morgan fingerprint density at radius 3 is 2.52 bits per heavy atom. The van der Waals surface area contributed by atoms with E-state index in [2.05, 4.69) is 21.2 Å². The summed E-state index contributed by atoms with van der Waals surface area (Å²) in [5.41, 5.74) is -0.779. The van der Waals surface area contributed by atoms with E-state index in [0.717, 1.165) is 6.07 Å². The van der Waals surface area contributed by atoms with Crippen LogP contribution in [0.3, 0.4) is 0 Å². The number of esters is 1. The third-order valence-corrected chi connectivity index (χ3v) is 4.06. The van der Waals surface area contributed by atoms with Crippen LogP contribution < -0.4 is 10.6 Å². The van der Waals surface area contributed by atoms with Gasteiger partial charge in [-0.2, -0.15) is 0 Å². The van der Waals surface area contributed by atoms with Crippen LogP contribution in [0.2, 0.25) is 0 Å².